The molecule has 0 bridgehead atoms. The van der Waals surface area contributed by atoms with Crippen molar-refractivity contribution < 1.29 is 0 Å². The second-order valence-corrected chi connectivity index (χ2v) is 5.63. The fourth-order valence-electron chi connectivity index (χ4n) is 2.25. The van der Waals surface area contributed by atoms with E-state index in [0.717, 1.165) is 6.54 Å². The summed E-state index contributed by atoms with van der Waals surface area (Å²) < 4.78 is 0. The normalized spacial score (nSPS) is 13.5. The molecule has 1 atom stereocenters. The second-order valence-electron chi connectivity index (χ2n) is 4.85. The van der Waals surface area contributed by atoms with Gasteiger partial charge >= 0.3 is 0 Å². The monoisotopic (exact) mass is 254 g/mol. The lowest BCUT2D eigenvalue weighted by Gasteiger charge is -2.34. The Balaban J connectivity index is 2.66. The Kier molecular flexibility index (Phi) is 6.78. The highest BCUT2D eigenvalue weighted by Gasteiger charge is 2.21. The highest BCUT2D eigenvalue weighted by Crippen LogP contribution is 2.24. The van der Waals surface area contributed by atoms with Crippen LogP contribution in [0.4, 0.5) is 0 Å². The minimum atomic E-state index is 0.387. The molecular formula is C14H26N2S. The van der Waals surface area contributed by atoms with Gasteiger partial charge in [-0.25, -0.2) is 0 Å². The van der Waals surface area contributed by atoms with Crippen molar-refractivity contribution in [3.8, 4) is 0 Å². The molecule has 2 N–H and O–H groups in total. The van der Waals surface area contributed by atoms with Crippen LogP contribution in [-0.2, 0) is 0 Å². The average Bonchev–Trinajstić information content (AvgIpc) is 2.81. The van der Waals surface area contributed by atoms with Gasteiger partial charge in [0, 0.05) is 18.6 Å². The van der Waals surface area contributed by atoms with Crippen LogP contribution in [-0.4, -0.2) is 24.0 Å². The van der Waals surface area contributed by atoms with Gasteiger partial charge in [0.25, 0.3) is 0 Å². The molecule has 98 valence electrons. The van der Waals surface area contributed by atoms with Gasteiger partial charge in [-0.15, -0.1) is 0 Å². The van der Waals surface area contributed by atoms with Crippen LogP contribution in [0, 0.1) is 0 Å². The van der Waals surface area contributed by atoms with Gasteiger partial charge in [-0.1, -0.05) is 19.8 Å². The van der Waals surface area contributed by atoms with Crippen molar-refractivity contribution in [1.82, 2.24) is 4.90 Å². The van der Waals surface area contributed by atoms with Crippen LogP contribution in [0.3, 0.4) is 0 Å². The van der Waals surface area contributed by atoms with Crippen LogP contribution in [0.1, 0.15) is 51.6 Å². The summed E-state index contributed by atoms with van der Waals surface area (Å²) in [6.07, 6.45) is 3.86. The van der Waals surface area contributed by atoms with E-state index in [4.69, 9.17) is 5.73 Å². The zero-order valence-corrected chi connectivity index (χ0v) is 12.2. The first-order valence-corrected chi connectivity index (χ1v) is 7.62. The Morgan fingerprint density at radius 2 is 2.12 bits per heavy atom. The van der Waals surface area contributed by atoms with E-state index in [-0.39, 0.29) is 0 Å². The number of unbranched alkanes of at least 4 members (excludes halogenated alkanes) is 2. The number of thiophene rings is 1. The fraction of sp³-hybridized carbons (Fsp3) is 0.714. The van der Waals surface area contributed by atoms with Crippen molar-refractivity contribution in [1.29, 1.82) is 0 Å². The topological polar surface area (TPSA) is 29.3 Å². The minimum absolute atomic E-state index is 0.387. The fourth-order valence-corrected chi connectivity index (χ4v) is 2.95. The molecule has 0 aliphatic rings. The summed E-state index contributed by atoms with van der Waals surface area (Å²) in [4.78, 5) is 2.54. The lowest BCUT2D eigenvalue weighted by molar-refractivity contribution is 0.154. The van der Waals surface area contributed by atoms with Crippen molar-refractivity contribution in [3.05, 3.63) is 22.4 Å². The van der Waals surface area contributed by atoms with Crippen molar-refractivity contribution in [2.45, 2.75) is 52.1 Å². The van der Waals surface area contributed by atoms with Crippen LogP contribution in [0.2, 0.25) is 0 Å². The van der Waals surface area contributed by atoms with Gasteiger partial charge in [0.15, 0.2) is 0 Å². The molecule has 0 saturated carbocycles. The molecule has 1 aromatic rings. The molecule has 1 unspecified atom stereocenters. The molecule has 1 aromatic heterocycles. The van der Waals surface area contributed by atoms with Gasteiger partial charge in [-0.2, -0.15) is 11.3 Å². The molecule has 1 rings (SSSR count). The van der Waals surface area contributed by atoms with Crippen LogP contribution < -0.4 is 5.73 Å². The Morgan fingerprint density at radius 3 is 2.59 bits per heavy atom. The summed E-state index contributed by atoms with van der Waals surface area (Å²) in [7, 11) is 0. The molecule has 0 aliphatic carbocycles. The zero-order chi connectivity index (χ0) is 12.7. The standard InChI is InChI=1S/C14H26N2S/c1-4-5-6-8-16(12(2)3)14(10-15)13-7-9-17-11-13/h7,9,11-12,14H,4-6,8,10,15H2,1-3H3. The molecule has 0 aromatic carbocycles. The van der Waals surface area contributed by atoms with Crippen LogP contribution in [0.25, 0.3) is 0 Å². The SMILES string of the molecule is CCCCCN(C(C)C)C(CN)c1ccsc1. The van der Waals surface area contributed by atoms with Gasteiger partial charge in [-0.3, -0.25) is 4.90 Å². The largest absolute Gasteiger partial charge is 0.329 e. The Morgan fingerprint density at radius 1 is 1.35 bits per heavy atom. The van der Waals surface area contributed by atoms with E-state index in [0.29, 0.717) is 18.6 Å². The van der Waals surface area contributed by atoms with Crippen molar-refractivity contribution >= 4 is 11.3 Å². The summed E-state index contributed by atoms with van der Waals surface area (Å²) in [5, 5.41) is 4.37. The highest BCUT2D eigenvalue weighted by atomic mass is 32.1. The Labute approximate surface area is 110 Å². The third kappa shape index (κ3) is 4.41. The molecule has 17 heavy (non-hydrogen) atoms. The van der Waals surface area contributed by atoms with E-state index in [1.165, 1.54) is 24.8 Å². The zero-order valence-electron chi connectivity index (χ0n) is 11.4. The Hall–Kier alpha value is -0.380. The lowest BCUT2D eigenvalue weighted by Crippen LogP contribution is -2.39. The van der Waals surface area contributed by atoms with E-state index in [1.54, 1.807) is 11.3 Å². The smallest absolute Gasteiger partial charge is 0.0481 e. The number of hydrogen-bond acceptors (Lipinski definition) is 3. The summed E-state index contributed by atoms with van der Waals surface area (Å²) in [5.41, 5.74) is 7.35. The first kappa shape index (κ1) is 14.7. The molecule has 0 amide bonds. The van der Waals surface area contributed by atoms with Crippen molar-refractivity contribution in [3.63, 3.8) is 0 Å². The number of rotatable bonds is 8. The summed E-state index contributed by atoms with van der Waals surface area (Å²) in [6.45, 7) is 8.64. The average molecular weight is 254 g/mol. The second kappa shape index (κ2) is 7.85. The quantitative estimate of drug-likeness (QED) is 0.718. The van der Waals surface area contributed by atoms with Gasteiger partial charge in [-0.05, 0) is 49.2 Å². The summed E-state index contributed by atoms with van der Waals surface area (Å²) >= 11 is 1.76. The van der Waals surface area contributed by atoms with Crippen molar-refractivity contribution in [2.24, 2.45) is 5.73 Å². The summed E-state index contributed by atoms with van der Waals surface area (Å²) in [5.74, 6) is 0. The van der Waals surface area contributed by atoms with Crippen LogP contribution in [0.15, 0.2) is 16.8 Å². The molecule has 3 heteroatoms. The van der Waals surface area contributed by atoms with E-state index < -0.39 is 0 Å². The maximum atomic E-state index is 5.97. The predicted octanol–water partition coefficient (Wildman–Crippen LogP) is 3.65. The van der Waals surface area contributed by atoms with Crippen LogP contribution >= 0.6 is 11.3 Å². The molecule has 1 heterocycles. The van der Waals surface area contributed by atoms with Gasteiger partial charge in [0.2, 0.25) is 0 Å². The lowest BCUT2D eigenvalue weighted by atomic mass is 10.1. The molecule has 0 radical (unpaired) electrons. The van der Waals surface area contributed by atoms with E-state index >= 15 is 0 Å². The first-order valence-electron chi connectivity index (χ1n) is 6.68. The number of nitrogens with zero attached hydrogens (tertiary/aromatic N) is 1. The molecule has 2 nitrogen and oxygen atoms in total. The minimum Gasteiger partial charge on any atom is -0.329 e. The predicted molar refractivity (Wildman–Crippen MR) is 77.5 cm³/mol. The van der Waals surface area contributed by atoms with Gasteiger partial charge in [0.1, 0.15) is 0 Å². The molecule has 0 aliphatic heterocycles. The molecule has 0 saturated heterocycles. The summed E-state index contributed by atoms with van der Waals surface area (Å²) in [6, 6.07) is 3.15. The third-order valence-electron chi connectivity index (χ3n) is 3.23. The van der Waals surface area contributed by atoms with Gasteiger partial charge < -0.3 is 5.73 Å². The van der Waals surface area contributed by atoms with Crippen LogP contribution in [0.5, 0.6) is 0 Å². The van der Waals surface area contributed by atoms with E-state index in [2.05, 4.69) is 42.5 Å². The first-order chi connectivity index (χ1) is 8.20. The van der Waals surface area contributed by atoms with Crippen molar-refractivity contribution in [2.75, 3.05) is 13.1 Å². The van der Waals surface area contributed by atoms with Gasteiger partial charge in [0.05, 0.1) is 0 Å². The molecule has 0 fully saturated rings. The number of hydrogen-bond donors (Lipinski definition) is 1. The number of nitrogens with two attached hydrogens (primary N) is 1. The molecule has 0 spiro atoms. The maximum absolute atomic E-state index is 5.97. The van der Waals surface area contributed by atoms with E-state index in [9.17, 15) is 0 Å². The maximum Gasteiger partial charge on any atom is 0.0481 e. The Bertz CT molecular complexity index is 282. The third-order valence-corrected chi connectivity index (χ3v) is 3.94. The molecular weight excluding hydrogens is 228 g/mol. The highest BCUT2D eigenvalue weighted by molar-refractivity contribution is 7.07. The van der Waals surface area contributed by atoms with E-state index in [1.807, 2.05) is 0 Å².